The van der Waals surface area contributed by atoms with Gasteiger partial charge in [0.15, 0.2) is 0 Å². The minimum absolute atomic E-state index is 0.0272. The van der Waals surface area contributed by atoms with E-state index in [1.807, 2.05) is 0 Å². The van der Waals surface area contributed by atoms with Gasteiger partial charge < -0.3 is 15.5 Å². The van der Waals surface area contributed by atoms with Crippen LogP contribution in [0, 0.1) is 11.3 Å². The van der Waals surface area contributed by atoms with Gasteiger partial charge in [-0.1, -0.05) is 30.3 Å². The van der Waals surface area contributed by atoms with Crippen molar-refractivity contribution in [2.75, 3.05) is 5.32 Å². The number of nitrogens with zero attached hydrogens (tertiary/aromatic N) is 1. The van der Waals surface area contributed by atoms with Crippen LogP contribution in [0.1, 0.15) is 5.56 Å². The number of carbonyl (C=O) groups is 1. The summed E-state index contributed by atoms with van der Waals surface area (Å²) in [6.07, 6.45) is 1.28. The predicted octanol–water partition coefficient (Wildman–Crippen LogP) is 2.64. The van der Waals surface area contributed by atoms with Crippen LogP contribution in [0.4, 0.5) is 5.69 Å². The summed E-state index contributed by atoms with van der Waals surface area (Å²) in [6.45, 7) is 0. The molecule has 5 nitrogen and oxygen atoms in total. The smallest absolute Gasteiger partial charge is 0.266 e. The van der Waals surface area contributed by atoms with E-state index >= 15 is 0 Å². The molecule has 0 aliphatic carbocycles. The normalized spacial score (nSPS) is 10.7. The van der Waals surface area contributed by atoms with Crippen LogP contribution in [0.25, 0.3) is 6.08 Å². The van der Waals surface area contributed by atoms with Gasteiger partial charge in [0.1, 0.15) is 23.1 Å². The zero-order valence-corrected chi connectivity index (χ0v) is 10.9. The van der Waals surface area contributed by atoms with E-state index in [9.17, 15) is 15.0 Å². The molecule has 2 aromatic carbocycles. The third-order valence-corrected chi connectivity index (χ3v) is 2.75. The molecule has 0 unspecified atom stereocenters. The van der Waals surface area contributed by atoms with Crippen LogP contribution in [0.3, 0.4) is 0 Å². The molecular weight excluding hydrogens is 268 g/mol. The van der Waals surface area contributed by atoms with E-state index in [1.54, 1.807) is 36.4 Å². The first kappa shape index (κ1) is 14.2. The van der Waals surface area contributed by atoms with Gasteiger partial charge in [-0.15, -0.1) is 0 Å². The lowest BCUT2D eigenvalue weighted by atomic mass is 10.1. The summed E-state index contributed by atoms with van der Waals surface area (Å²) in [5, 5.41) is 30.7. The average Bonchev–Trinajstić information content (AvgIpc) is 2.48. The molecule has 0 aliphatic rings. The minimum Gasteiger partial charge on any atom is -0.507 e. The molecule has 3 N–H and O–H groups in total. The molecule has 104 valence electrons. The van der Waals surface area contributed by atoms with Gasteiger partial charge in [0.05, 0.1) is 5.69 Å². The van der Waals surface area contributed by atoms with Gasteiger partial charge in [0.2, 0.25) is 0 Å². The third kappa shape index (κ3) is 3.39. The van der Waals surface area contributed by atoms with Crippen LogP contribution in [-0.4, -0.2) is 16.1 Å². The number of nitrogens with one attached hydrogen (secondary N) is 1. The Morgan fingerprint density at radius 1 is 1.05 bits per heavy atom. The summed E-state index contributed by atoms with van der Waals surface area (Å²) in [6, 6.07) is 14.3. The highest BCUT2D eigenvalue weighted by atomic mass is 16.3. The summed E-state index contributed by atoms with van der Waals surface area (Å²) in [5.41, 5.74) is 0.391. The Bertz CT molecular complexity index is 745. The molecule has 0 saturated carbocycles. The standard InChI is InChI=1S/C16H12N2O3/c17-10-12(9-11-5-1-3-7-14(11)19)16(21)18-13-6-2-4-8-15(13)20/h1-9,19-20H,(H,18,21)/b12-9+. The number of hydrogen-bond acceptors (Lipinski definition) is 4. The molecule has 0 aliphatic heterocycles. The molecular formula is C16H12N2O3. The summed E-state index contributed by atoms with van der Waals surface area (Å²) >= 11 is 0. The fourth-order valence-electron chi connectivity index (χ4n) is 1.68. The van der Waals surface area contributed by atoms with Crippen LogP contribution in [0.2, 0.25) is 0 Å². The van der Waals surface area contributed by atoms with Gasteiger partial charge in [-0.05, 0) is 24.3 Å². The zero-order valence-electron chi connectivity index (χ0n) is 10.9. The van der Waals surface area contributed by atoms with Crippen molar-refractivity contribution < 1.29 is 15.0 Å². The highest BCUT2D eigenvalue weighted by molar-refractivity contribution is 6.10. The largest absolute Gasteiger partial charge is 0.507 e. The highest BCUT2D eigenvalue weighted by Gasteiger charge is 2.12. The Hall–Kier alpha value is -3.26. The first-order valence-corrected chi connectivity index (χ1v) is 6.11. The predicted molar refractivity (Wildman–Crippen MR) is 78.4 cm³/mol. The highest BCUT2D eigenvalue weighted by Crippen LogP contribution is 2.23. The van der Waals surface area contributed by atoms with E-state index in [-0.39, 0.29) is 22.8 Å². The van der Waals surface area contributed by atoms with Crippen molar-refractivity contribution in [1.82, 2.24) is 0 Å². The van der Waals surface area contributed by atoms with Crippen molar-refractivity contribution in [3.8, 4) is 17.6 Å². The molecule has 0 heterocycles. The SMILES string of the molecule is N#C/C(=C\c1ccccc1O)C(=O)Nc1ccccc1O. The van der Waals surface area contributed by atoms with E-state index in [1.165, 1.54) is 24.3 Å². The molecule has 0 spiro atoms. The van der Waals surface area contributed by atoms with Gasteiger partial charge in [-0.3, -0.25) is 4.79 Å². The fraction of sp³-hybridized carbons (Fsp3) is 0. The average molecular weight is 280 g/mol. The monoisotopic (exact) mass is 280 g/mol. The number of anilines is 1. The topological polar surface area (TPSA) is 93.3 Å². The maximum atomic E-state index is 12.0. The summed E-state index contributed by atoms with van der Waals surface area (Å²) in [7, 11) is 0. The molecule has 0 bridgehead atoms. The van der Waals surface area contributed by atoms with Crippen molar-refractivity contribution in [2.45, 2.75) is 0 Å². The van der Waals surface area contributed by atoms with Crippen LogP contribution in [0.5, 0.6) is 11.5 Å². The number of benzene rings is 2. The second kappa shape index (κ2) is 6.26. The lowest BCUT2D eigenvalue weighted by molar-refractivity contribution is -0.112. The first-order valence-electron chi connectivity index (χ1n) is 6.11. The number of carbonyl (C=O) groups excluding carboxylic acids is 1. The number of para-hydroxylation sites is 3. The van der Waals surface area contributed by atoms with Crippen molar-refractivity contribution >= 4 is 17.7 Å². The van der Waals surface area contributed by atoms with Crippen molar-refractivity contribution in [3.63, 3.8) is 0 Å². The van der Waals surface area contributed by atoms with E-state index < -0.39 is 5.91 Å². The van der Waals surface area contributed by atoms with E-state index in [0.717, 1.165) is 0 Å². The van der Waals surface area contributed by atoms with Gasteiger partial charge in [-0.25, -0.2) is 0 Å². The van der Waals surface area contributed by atoms with Crippen molar-refractivity contribution in [2.24, 2.45) is 0 Å². The molecule has 0 saturated heterocycles. The Morgan fingerprint density at radius 3 is 2.29 bits per heavy atom. The maximum Gasteiger partial charge on any atom is 0.266 e. The Kier molecular flexibility index (Phi) is 4.22. The van der Waals surface area contributed by atoms with E-state index in [2.05, 4.69) is 5.32 Å². The van der Waals surface area contributed by atoms with Gasteiger partial charge in [0, 0.05) is 5.56 Å². The Labute approximate surface area is 121 Å². The lowest BCUT2D eigenvalue weighted by Gasteiger charge is -2.06. The number of hydrogen-bond donors (Lipinski definition) is 3. The quantitative estimate of drug-likeness (QED) is 0.457. The number of nitriles is 1. The first-order chi connectivity index (χ1) is 10.1. The summed E-state index contributed by atoms with van der Waals surface area (Å²) in [4.78, 5) is 12.0. The Balaban J connectivity index is 2.26. The van der Waals surface area contributed by atoms with Crippen molar-refractivity contribution in [3.05, 3.63) is 59.7 Å². The lowest BCUT2D eigenvalue weighted by Crippen LogP contribution is -2.13. The molecule has 0 aromatic heterocycles. The van der Waals surface area contributed by atoms with E-state index in [4.69, 9.17) is 5.26 Å². The number of aromatic hydroxyl groups is 2. The number of phenolic OH excluding ortho intramolecular Hbond substituents is 2. The molecule has 21 heavy (non-hydrogen) atoms. The number of rotatable bonds is 3. The van der Waals surface area contributed by atoms with Crippen LogP contribution in [0.15, 0.2) is 54.1 Å². The summed E-state index contributed by atoms with van der Waals surface area (Å²) in [5.74, 6) is -0.784. The summed E-state index contributed by atoms with van der Waals surface area (Å²) < 4.78 is 0. The van der Waals surface area contributed by atoms with Gasteiger partial charge in [-0.2, -0.15) is 5.26 Å². The van der Waals surface area contributed by atoms with Crippen LogP contribution < -0.4 is 5.32 Å². The maximum absolute atomic E-state index is 12.0. The van der Waals surface area contributed by atoms with E-state index in [0.29, 0.717) is 5.56 Å². The van der Waals surface area contributed by atoms with Gasteiger partial charge in [0.25, 0.3) is 5.91 Å². The third-order valence-electron chi connectivity index (χ3n) is 2.75. The van der Waals surface area contributed by atoms with Crippen LogP contribution >= 0.6 is 0 Å². The second-order valence-electron chi connectivity index (χ2n) is 4.20. The molecule has 2 aromatic rings. The number of amides is 1. The molecule has 0 radical (unpaired) electrons. The number of phenols is 2. The molecule has 2 rings (SSSR count). The molecule has 0 fully saturated rings. The zero-order chi connectivity index (χ0) is 15.2. The fourth-order valence-corrected chi connectivity index (χ4v) is 1.68. The van der Waals surface area contributed by atoms with Crippen LogP contribution in [-0.2, 0) is 4.79 Å². The molecule has 5 heteroatoms. The van der Waals surface area contributed by atoms with Gasteiger partial charge >= 0.3 is 0 Å². The molecule has 0 atom stereocenters. The minimum atomic E-state index is -0.665. The second-order valence-corrected chi connectivity index (χ2v) is 4.20. The Morgan fingerprint density at radius 2 is 1.67 bits per heavy atom. The van der Waals surface area contributed by atoms with Crippen molar-refractivity contribution in [1.29, 1.82) is 5.26 Å². The molecule has 1 amide bonds.